The molecule has 0 bridgehead atoms. The van der Waals surface area contributed by atoms with Crippen LogP contribution in [0.3, 0.4) is 0 Å². The summed E-state index contributed by atoms with van der Waals surface area (Å²) >= 11 is 0. The summed E-state index contributed by atoms with van der Waals surface area (Å²) in [6.45, 7) is -1.26. The van der Waals surface area contributed by atoms with E-state index in [0.29, 0.717) is 0 Å². The third-order valence-electron chi connectivity index (χ3n) is 1.54. The Morgan fingerprint density at radius 1 is 1.33 bits per heavy atom. The highest BCUT2D eigenvalue weighted by atomic mass is 16.3. The summed E-state index contributed by atoms with van der Waals surface area (Å²) in [5.41, 5.74) is 4.10. The molecule has 0 saturated carbocycles. The summed E-state index contributed by atoms with van der Waals surface area (Å²) in [4.78, 5) is 3.57. The van der Waals surface area contributed by atoms with Crippen LogP contribution in [0.25, 0.3) is 0 Å². The minimum Gasteiger partial charge on any atom is -0.394 e. The fourth-order valence-electron chi connectivity index (χ4n) is 0.596. The Morgan fingerprint density at radius 2 is 1.75 bits per heavy atom. The third-order valence-corrected chi connectivity index (χ3v) is 1.54. The van der Waals surface area contributed by atoms with Gasteiger partial charge in [-0.25, -0.2) is 0 Å². The van der Waals surface area contributed by atoms with Crippen LogP contribution in [-0.4, -0.2) is 53.7 Å². The number of aliphatic hydroxyl groups excluding tert-OH is 3. The predicted molar refractivity (Wildman–Crippen MR) is 44.7 cm³/mol. The van der Waals surface area contributed by atoms with E-state index >= 15 is 0 Å². The maximum Gasteiger partial charge on any atom is 0.188 e. The van der Waals surface area contributed by atoms with Crippen LogP contribution in [0, 0.1) is 0 Å². The van der Waals surface area contributed by atoms with E-state index in [-0.39, 0.29) is 5.96 Å². The molecule has 0 rings (SSSR count). The average Bonchev–Trinajstić information content (AvgIpc) is 2.14. The van der Waals surface area contributed by atoms with Gasteiger partial charge in [-0.2, -0.15) is 0 Å². The van der Waals surface area contributed by atoms with E-state index in [4.69, 9.17) is 21.1 Å². The van der Waals surface area contributed by atoms with Crippen molar-refractivity contribution in [2.75, 3.05) is 26.9 Å². The van der Waals surface area contributed by atoms with Crippen LogP contribution in [0.4, 0.5) is 0 Å². The monoisotopic (exact) mass is 177 g/mol. The summed E-state index contributed by atoms with van der Waals surface area (Å²) in [6.07, 6.45) is 0. The first-order chi connectivity index (χ1) is 5.64. The van der Waals surface area contributed by atoms with Crippen molar-refractivity contribution in [1.82, 2.24) is 5.32 Å². The summed E-state index contributed by atoms with van der Waals surface area (Å²) in [5, 5.41) is 29.0. The SMILES string of the molecule is CN=C(N)NC(CO)(CO)CO. The Labute approximate surface area is 70.7 Å². The zero-order valence-electron chi connectivity index (χ0n) is 6.99. The van der Waals surface area contributed by atoms with Gasteiger partial charge in [0.15, 0.2) is 5.96 Å². The Kier molecular flexibility index (Phi) is 4.57. The molecule has 0 atom stereocenters. The van der Waals surface area contributed by atoms with Crippen molar-refractivity contribution in [3.63, 3.8) is 0 Å². The van der Waals surface area contributed by atoms with Crippen LogP contribution in [-0.2, 0) is 0 Å². The first kappa shape index (κ1) is 11.2. The molecule has 0 aromatic heterocycles. The first-order valence-electron chi connectivity index (χ1n) is 3.47. The number of nitrogens with two attached hydrogens (primary N) is 1. The molecule has 0 aromatic rings. The molecule has 0 amide bonds. The highest BCUT2D eigenvalue weighted by molar-refractivity contribution is 5.78. The number of nitrogens with zero attached hydrogens (tertiary/aromatic N) is 1. The molecule has 0 unspecified atom stereocenters. The second-order valence-electron chi connectivity index (χ2n) is 2.49. The molecule has 0 aliphatic carbocycles. The second kappa shape index (κ2) is 4.91. The smallest absolute Gasteiger partial charge is 0.188 e. The van der Waals surface area contributed by atoms with Crippen LogP contribution in [0.5, 0.6) is 0 Å². The van der Waals surface area contributed by atoms with Crippen LogP contribution in [0.1, 0.15) is 0 Å². The molecule has 72 valence electrons. The largest absolute Gasteiger partial charge is 0.394 e. The molecular formula is C6H15N3O3. The number of hydrogen-bond donors (Lipinski definition) is 5. The maximum absolute atomic E-state index is 8.83. The number of aliphatic imine (C=N–C) groups is 1. The normalized spacial score (nSPS) is 13.2. The molecule has 0 fully saturated rings. The Balaban J connectivity index is 4.30. The molecule has 6 N–H and O–H groups in total. The number of guanidine groups is 1. The van der Waals surface area contributed by atoms with Gasteiger partial charge < -0.3 is 26.4 Å². The molecule has 0 heterocycles. The van der Waals surface area contributed by atoms with Gasteiger partial charge in [0.25, 0.3) is 0 Å². The molecule has 0 aromatic carbocycles. The Morgan fingerprint density at radius 3 is 2.00 bits per heavy atom. The lowest BCUT2D eigenvalue weighted by atomic mass is 10.0. The first-order valence-corrected chi connectivity index (χ1v) is 3.47. The van der Waals surface area contributed by atoms with Crippen LogP contribution in [0.15, 0.2) is 4.99 Å². The third kappa shape index (κ3) is 2.65. The van der Waals surface area contributed by atoms with Crippen LogP contribution in [0.2, 0.25) is 0 Å². The molecule has 0 spiro atoms. The number of hydrogen-bond acceptors (Lipinski definition) is 4. The molecule has 0 aliphatic heterocycles. The fourth-order valence-corrected chi connectivity index (χ4v) is 0.596. The van der Waals surface area contributed by atoms with E-state index < -0.39 is 25.4 Å². The lowest BCUT2D eigenvalue weighted by molar-refractivity contribution is 0.0556. The van der Waals surface area contributed by atoms with E-state index in [1.807, 2.05) is 0 Å². The van der Waals surface area contributed by atoms with E-state index in [1.54, 1.807) is 0 Å². The predicted octanol–water partition coefficient (Wildman–Crippen LogP) is -2.76. The second-order valence-corrected chi connectivity index (χ2v) is 2.49. The van der Waals surface area contributed by atoms with Gasteiger partial charge in [-0.15, -0.1) is 0 Å². The van der Waals surface area contributed by atoms with E-state index in [2.05, 4.69) is 10.3 Å². The number of rotatable bonds is 4. The molecule has 0 aliphatic rings. The molecular weight excluding hydrogens is 162 g/mol. The van der Waals surface area contributed by atoms with Crippen molar-refractivity contribution in [2.45, 2.75) is 5.54 Å². The van der Waals surface area contributed by atoms with Crippen molar-refractivity contribution in [2.24, 2.45) is 10.7 Å². The number of nitrogens with one attached hydrogen (secondary N) is 1. The van der Waals surface area contributed by atoms with Gasteiger partial charge in [-0.05, 0) is 0 Å². The van der Waals surface area contributed by atoms with Gasteiger partial charge in [0.1, 0.15) is 5.54 Å². The zero-order valence-corrected chi connectivity index (χ0v) is 6.99. The van der Waals surface area contributed by atoms with E-state index in [0.717, 1.165) is 0 Å². The van der Waals surface area contributed by atoms with Crippen LogP contribution < -0.4 is 11.1 Å². The van der Waals surface area contributed by atoms with Gasteiger partial charge in [-0.3, -0.25) is 4.99 Å². The van der Waals surface area contributed by atoms with Crippen molar-refractivity contribution in [3.8, 4) is 0 Å². The highest BCUT2D eigenvalue weighted by Gasteiger charge is 2.28. The van der Waals surface area contributed by atoms with Gasteiger partial charge in [0.2, 0.25) is 0 Å². The molecule has 6 nitrogen and oxygen atoms in total. The van der Waals surface area contributed by atoms with Gasteiger partial charge >= 0.3 is 0 Å². The molecule has 0 radical (unpaired) electrons. The van der Waals surface area contributed by atoms with E-state index in [9.17, 15) is 0 Å². The highest BCUT2D eigenvalue weighted by Crippen LogP contribution is 1.99. The summed E-state index contributed by atoms with van der Waals surface area (Å²) < 4.78 is 0. The molecule has 12 heavy (non-hydrogen) atoms. The van der Waals surface area contributed by atoms with Crippen LogP contribution >= 0.6 is 0 Å². The van der Waals surface area contributed by atoms with Crippen molar-refractivity contribution >= 4 is 5.96 Å². The van der Waals surface area contributed by atoms with Gasteiger partial charge in [0.05, 0.1) is 19.8 Å². The standard InChI is InChI=1S/C6H15N3O3/c1-8-5(7)9-6(2-10,3-11)4-12/h10-12H,2-4H2,1H3,(H3,7,8,9). The Bertz CT molecular complexity index is 148. The van der Waals surface area contributed by atoms with E-state index in [1.165, 1.54) is 7.05 Å². The van der Waals surface area contributed by atoms with Crippen molar-refractivity contribution in [1.29, 1.82) is 0 Å². The summed E-state index contributed by atoms with van der Waals surface area (Å²) in [6, 6.07) is 0. The minimum atomic E-state index is -1.19. The van der Waals surface area contributed by atoms with Crippen molar-refractivity contribution in [3.05, 3.63) is 0 Å². The maximum atomic E-state index is 8.83. The fraction of sp³-hybridized carbons (Fsp3) is 0.833. The molecule has 6 heteroatoms. The Hall–Kier alpha value is -0.850. The average molecular weight is 177 g/mol. The number of aliphatic hydroxyl groups is 3. The topological polar surface area (TPSA) is 111 Å². The summed E-state index contributed by atoms with van der Waals surface area (Å²) in [5.74, 6) is 0.0622. The molecule has 0 saturated heterocycles. The quantitative estimate of drug-likeness (QED) is 0.236. The van der Waals surface area contributed by atoms with Gasteiger partial charge in [-0.1, -0.05) is 0 Å². The summed E-state index contributed by atoms with van der Waals surface area (Å²) in [7, 11) is 1.46. The lowest BCUT2D eigenvalue weighted by Gasteiger charge is -2.28. The zero-order chi connectivity index (χ0) is 9.61. The lowest BCUT2D eigenvalue weighted by Crippen LogP contribution is -2.58. The van der Waals surface area contributed by atoms with Crippen molar-refractivity contribution < 1.29 is 15.3 Å². The minimum absolute atomic E-state index is 0.0622. The van der Waals surface area contributed by atoms with Gasteiger partial charge in [0, 0.05) is 7.05 Å².